The average molecular weight is 343 g/mol. The number of anilines is 3. The van der Waals surface area contributed by atoms with Crippen LogP contribution in [0.2, 0.25) is 0 Å². The molecule has 2 aromatic rings. The molecule has 7 heteroatoms. The molecule has 0 bridgehead atoms. The lowest BCUT2D eigenvalue weighted by atomic mass is 10.2. The van der Waals surface area contributed by atoms with Crippen molar-refractivity contribution in [2.75, 3.05) is 43.6 Å². The number of rotatable bonds is 9. The fourth-order valence-electron chi connectivity index (χ4n) is 2.35. The van der Waals surface area contributed by atoms with Crippen LogP contribution >= 0.6 is 0 Å². The van der Waals surface area contributed by atoms with Gasteiger partial charge in [0.05, 0.1) is 12.2 Å². The summed E-state index contributed by atoms with van der Waals surface area (Å²) < 4.78 is 4.89. The summed E-state index contributed by atoms with van der Waals surface area (Å²) in [6, 6.07) is 8.10. The standard InChI is InChI=1S/C18H25N5O2/c1-4-23(5-2)16-8-6-15(7-9-16)22-18-20-12-14(13-21-18)17(24)19-10-11-25-3/h6-9,12-13H,4-5,10-11H2,1-3H3,(H,19,24)(H,20,21,22). The van der Waals surface area contributed by atoms with Gasteiger partial charge in [-0.2, -0.15) is 0 Å². The molecule has 0 aliphatic heterocycles. The second-order valence-corrected chi connectivity index (χ2v) is 5.39. The summed E-state index contributed by atoms with van der Waals surface area (Å²) in [5.41, 5.74) is 2.49. The highest BCUT2D eigenvalue weighted by Gasteiger charge is 2.07. The molecule has 0 fully saturated rings. The molecule has 0 spiro atoms. The first-order valence-corrected chi connectivity index (χ1v) is 8.39. The van der Waals surface area contributed by atoms with Crippen molar-refractivity contribution in [1.82, 2.24) is 15.3 Å². The zero-order chi connectivity index (χ0) is 18.1. The zero-order valence-electron chi connectivity index (χ0n) is 15.0. The number of carbonyl (C=O) groups is 1. The Labute approximate surface area is 148 Å². The first kappa shape index (κ1) is 18.7. The third-order valence-corrected chi connectivity index (χ3v) is 3.76. The summed E-state index contributed by atoms with van der Waals surface area (Å²) in [6.45, 7) is 7.14. The van der Waals surface area contributed by atoms with Crippen LogP contribution in [0.25, 0.3) is 0 Å². The normalized spacial score (nSPS) is 10.4. The number of hydrogen-bond acceptors (Lipinski definition) is 6. The van der Waals surface area contributed by atoms with Crippen LogP contribution < -0.4 is 15.5 Å². The maximum atomic E-state index is 11.9. The van der Waals surface area contributed by atoms with E-state index in [4.69, 9.17) is 4.74 Å². The van der Waals surface area contributed by atoms with Crippen molar-refractivity contribution in [1.29, 1.82) is 0 Å². The predicted octanol–water partition coefficient (Wildman–Crippen LogP) is 2.44. The van der Waals surface area contributed by atoms with Crippen LogP contribution in [0.4, 0.5) is 17.3 Å². The minimum atomic E-state index is -0.216. The number of ether oxygens (including phenoxy) is 1. The Balaban J connectivity index is 1.95. The van der Waals surface area contributed by atoms with Gasteiger partial charge in [0.15, 0.2) is 0 Å². The topological polar surface area (TPSA) is 79.4 Å². The molecule has 0 aliphatic carbocycles. The van der Waals surface area contributed by atoms with Crippen LogP contribution in [0.1, 0.15) is 24.2 Å². The van der Waals surface area contributed by atoms with E-state index in [2.05, 4.69) is 51.5 Å². The molecule has 1 aromatic carbocycles. The molecule has 0 unspecified atom stereocenters. The molecular formula is C18H25N5O2. The maximum Gasteiger partial charge on any atom is 0.254 e. The molecule has 0 saturated heterocycles. The molecule has 1 aromatic heterocycles. The van der Waals surface area contributed by atoms with Gasteiger partial charge in [-0.3, -0.25) is 4.79 Å². The lowest BCUT2D eigenvalue weighted by molar-refractivity contribution is 0.0936. The van der Waals surface area contributed by atoms with Crippen LogP contribution in [-0.2, 0) is 4.74 Å². The van der Waals surface area contributed by atoms with E-state index < -0.39 is 0 Å². The summed E-state index contributed by atoms with van der Waals surface area (Å²) in [5, 5.41) is 5.86. The molecule has 0 saturated carbocycles. The lowest BCUT2D eigenvalue weighted by Crippen LogP contribution is -2.27. The van der Waals surface area contributed by atoms with Crippen LogP contribution in [0.5, 0.6) is 0 Å². The Bertz CT molecular complexity index is 654. The SMILES string of the molecule is CCN(CC)c1ccc(Nc2ncc(C(=O)NCCOC)cn2)cc1. The Morgan fingerprint density at radius 2 is 1.76 bits per heavy atom. The van der Waals surface area contributed by atoms with Gasteiger partial charge in [0.25, 0.3) is 5.91 Å². The van der Waals surface area contributed by atoms with Gasteiger partial charge in [0.1, 0.15) is 0 Å². The highest BCUT2D eigenvalue weighted by molar-refractivity contribution is 5.93. The van der Waals surface area contributed by atoms with E-state index in [0.717, 1.165) is 18.8 Å². The number of aromatic nitrogens is 2. The van der Waals surface area contributed by atoms with Gasteiger partial charge in [0.2, 0.25) is 5.95 Å². The van der Waals surface area contributed by atoms with Crippen molar-refractivity contribution in [3.63, 3.8) is 0 Å². The van der Waals surface area contributed by atoms with Crippen molar-refractivity contribution in [3.8, 4) is 0 Å². The molecular weight excluding hydrogens is 318 g/mol. The van der Waals surface area contributed by atoms with Gasteiger partial charge >= 0.3 is 0 Å². The Hall–Kier alpha value is -2.67. The minimum Gasteiger partial charge on any atom is -0.383 e. The van der Waals surface area contributed by atoms with E-state index >= 15 is 0 Å². The maximum absolute atomic E-state index is 11.9. The molecule has 134 valence electrons. The first-order chi connectivity index (χ1) is 12.2. The molecule has 25 heavy (non-hydrogen) atoms. The fourth-order valence-corrected chi connectivity index (χ4v) is 2.35. The number of hydrogen-bond donors (Lipinski definition) is 2. The lowest BCUT2D eigenvalue weighted by Gasteiger charge is -2.21. The van der Waals surface area contributed by atoms with Gasteiger partial charge in [-0.15, -0.1) is 0 Å². The highest BCUT2D eigenvalue weighted by Crippen LogP contribution is 2.19. The van der Waals surface area contributed by atoms with E-state index in [1.54, 1.807) is 7.11 Å². The monoisotopic (exact) mass is 343 g/mol. The van der Waals surface area contributed by atoms with Gasteiger partial charge in [0, 0.05) is 50.5 Å². The van der Waals surface area contributed by atoms with Crippen LogP contribution in [0.3, 0.4) is 0 Å². The van der Waals surface area contributed by atoms with E-state index in [-0.39, 0.29) is 5.91 Å². The summed E-state index contributed by atoms with van der Waals surface area (Å²) in [7, 11) is 1.59. The number of carbonyl (C=O) groups excluding carboxylic acids is 1. The quantitative estimate of drug-likeness (QED) is 0.681. The van der Waals surface area contributed by atoms with Gasteiger partial charge in [-0.25, -0.2) is 9.97 Å². The molecule has 7 nitrogen and oxygen atoms in total. The molecule has 1 amide bonds. The second kappa shape index (κ2) is 9.58. The number of nitrogens with zero attached hydrogens (tertiary/aromatic N) is 3. The number of nitrogens with one attached hydrogen (secondary N) is 2. The highest BCUT2D eigenvalue weighted by atomic mass is 16.5. The van der Waals surface area contributed by atoms with Gasteiger partial charge in [-0.05, 0) is 38.1 Å². The van der Waals surface area contributed by atoms with Gasteiger partial charge < -0.3 is 20.3 Å². The molecule has 0 radical (unpaired) electrons. The number of amides is 1. The largest absolute Gasteiger partial charge is 0.383 e. The summed E-state index contributed by atoms with van der Waals surface area (Å²) in [5.74, 6) is 0.233. The molecule has 0 atom stereocenters. The third kappa shape index (κ3) is 5.42. The van der Waals surface area contributed by atoms with E-state index in [1.165, 1.54) is 18.1 Å². The van der Waals surface area contributed by atoms with E-state index in [1.807, 2.05) is 12.1 Å². The Morgan fingerprint density at radius 3 is 2.32 bits per heavy atom. The summed E-state index contributed by atoms with van der Waals surface area (Å²) in [4.78, 5) is 22.5. The van der Waals surface area contributed by atoms with Crippen molar-refractivity contribution in [2.45, 2.75) is 13.8 Å². The van der Waals surface area contributed by atoms with E-state index in [9.17, 15) is 4.79 Å². The average Bonchev–Trinajstić information content (AvgIpc) is 2.65. The second-order valence-electron chi connectivity index (χ2n) is 5.39. The third-order valence-electron chi connectivity index (χ3n) is 3.76. The van der Waals surface area contributed by atoms with E-state index in [0.29, 0.717) is 24.7 Å². The Morgan fingerprint density at radius 1 is 1.12 bits per heavy atom. The van der Waals surface area contributed by atoms with Crippen molar-refractivity contribution in [3.05, 3.63) is 42.2 Å². The molecule has 2 rings (SSSR count). The number of methoxy groups -OCH3 is 1. The summed E-state index contributed by atoms with van der Waals surface area (Å²) in [6.07, 6.45) is 3.00. The fraction of sp³-hybridized carbons (Fsp3) is 0.389. The van der Waals surface area contributed by atoms with Crippen molar-refractivity contribution in [2.24, 2.45) is 0 Å². The van der Waals surface area contributed by atoms with Crippen LogP contribution in [-0.4, -0.2) is 49.2 Å². The number of benzene rings is 1. The summed E-state index contributed by atoms with van der Waals surface area (Å²) >= 11 is 0. The molecule has 0 aliphatic rings. The van der Waals surface area contributed by atoms with Crippen molar-refractivity contribution >= 4 is 23.2 Å². The Kier molecular flexibility index (Phi) is 7.16. The smallest absolute Gasteiger partial charge is 0.254 e. The van der Waals surface area contributed by atoms with Crippen LogP contribution in [0.15, 0.2) is 36.7 Å². The first-order valence-electron chi connectivity index (χ1n) is 8.39. The molecule has 1 heterocycles. The van der Waals surface area contributed by atoms with Crippen LogP contribution in [0, 0.1) is 0 Å². The van der Waals surface area contributed by atoms with Gasteiger partial charge in [-0.1, -0.05) is 0 Å². The molecule has 2 N–H and O–H groups in total. The predicted molar refractivity (Wildman–Crippen MR) is 99.5 cm³/mol. The zero-order valence-corrected chi connectivity index (χ0v) is 15.0. The minimum absolute atomic E-state index is 0.216. The van der Waals surface area contributed by atoms with Crippen molar-refractivity contribution < 1.29 is 9.53 Å².